The molecule has 0 unspecified atom stereocenters. The van der Waals surface area contributed by atoms with Crippen molar-refractivity contribution >= 4 is 11.6 Å². The fourth-order valence-corrected chi connectivity index (χ4v) is 2.66. The first-order chi connectivity index (χ1) is 9.78. The van der Waals surface area contributed by atoms with Crippen molar-refractivity contribution in [3.8, 4) is 11.3 Å². The molecule has 4 nitrogen and oxygen atoms in total. The fraction of sp³-hybridized carbons (Fsp3) is 0.250. The minimum atomic E-state index is -0.203. The molecule has 1 aliphatic rings. The Kier molecular flexibility index (Phi) is 3.37. The highest BCUT2D eigenvalue weighted by Gasteiger charge is 2.17. The lowest BCUT2D eigenvalue weighted by atomic mass is 9.93. The Hall–Kier alpha value is -2.36. The van der Waals surface area contributed by atoms with E-state index in [9.17, 15) is 4.79 Å². The zero-order chi connectivity index (χ0) is 13.9. The zero-order valence-electron chi connectivity index (χ0n) is 11.3. The Balaban J connectivity index is 1.94. The molecule has 1 amide bonds. The number of carbonyl (C=O) groups excluding carboxylic acids is 1. The number of hydrogen-bond donors (Lipinski definition) is 2. The van der Waals surface area contributed by atoms with Gasteiger partial charge in [0.05, 0.1) is 5.69 Å². The Morgan fingerprint density at radius 2 is 2.20 bits per heavy atom. The molecule has 1 aromatic heterocycles. The van der Waals surface area contributed by atoms with Crippen molar-refractivity contribution in [2.24, 2.45) is 0 Å². The zero-order valence-corrected chi connectivity index (χ0v) is 11.3. The summed E-state index contributed by atoms with van der Waals surface area (Å²) in [5, 5.41) is 10.4. The van der Waals surface area contributed by atoms with E-state index < -0.39 is 0 Å². The lowest BCUT2D eigenvalue weighted by molar-refractivity contribution is -0.111. The van der Waals surface area contributed by atoms with Crippen LogP contribution in [0.25, 0.3) is 11.3 Å². The van der Waals surface area contributed by atoms with Crippen molar-refractivity contribution in [2.45, 2.75) is 25.7 Å². The van der Waals surface area contributed by atoms with Crippen molar-refractivity contribution in [2.75, 3.05) is 5.32 Å². The van der Waals surface area contributed by atoms with Crippen LogP contribution in [0.4, 0.5) is 5.69 Å². The lowest BCUT2D eigenvalue weighted by Gasteiger charge is -2.11. The molecule has 0 atom stereocenters. The van der Waals surface area contributed by atoms with Crippen LogP contribution >= 0.6 is 0 Å². The molecule has 2 N–H and O–H groups in total. The summed E-state index contributed by atoms with van der Waals surface area (Å²) in [5.74, 6) is -0.203. The normalized spacial score (nSPS) is 13.6. The van der Waals surface area contributed by atoms with Gasteiger partial charge >= 0.3 is 0 Å². The van der Waals surface area contributed by atoms with Crippen molar-refractivity contribution in [3.63, 3.8) is 0 Å². The maximum Gasteiger partial charge on any atom is 0.247 e. The number of benzene rings is 1. The summed E-state index contributed by atoms with van der Waals surface area (Å²) in [4.78, 5) is 11.4. The summed E-state index contributed by atoms with van der Waals surface area (Å²) in [7, 11) is 0. The van der Waals surface area contributed by atoms with Crippen LogP contribution in [0.5, 0.6) is 0 Å². The first-order valence-corrected chi connectivity index (χ1v) is 6.88. The van der Waals surface area contributed by atoms with Crippen LogP contribution in [-0.4, -0.2) is 16.1 Å². The summed E-state index contributed by atoms with van der Waals surface area (Å²) >= 11 is 0. The Bertz CT molecular complexity index is 657. The number of aromatic amines is 1. The van der Waals surface area contributed by atoms with Gasteiger partial charge in [0.15, 0.2) is 0 Å². The number of nitrogens with zero attached hydrogens (tertiary/aromatic N) is 1. The van der Waals surface area contributed by atoms with E-state index in [2.05, 4.69) is 22.1 Å². The molecule has 3 rings (SSSR count). The van der Waals surface area contributed by atoms with Gasteiger partial charge in [0, 0.05) is 22.5 Å². The van der Waals surface area contributed by atoms with Crippen LogP contribution in [0.2, 0.25) is 0 Å². The highest BCUT2D eigenvalue weighted by atomic mass is 16.1. The molecule has 4 heteroatoms. The number of aromatic nitrogens is 2. The van der Waals surface area contributed by atoms with Gasteiger partial charge in [0.1, 0.15) is 0 Å². The molecule has 0 saturated carbocycles. The number of H-pyrrole nitrogens is 1. The standard InChI is InChI=1S/C16H17N3O/c1-2-15(20)17-12-7-5-6-11(10-12)16-13-8-3-4-9-14(13)18-19-16/h2,5-7,10H,1,3-4,8-9H2,(H,17,20)(H,18,19). The minimum Gasteiger partial charge on any atom is -0.323 e. The number of anilines is 1. The van der Waals surface area contributed by atoms with E-state index in [4.69, 9.17) is 0 Å². The molecule has 0 aliphatic heterocycles. The molecule has 102 valence electrons. The Morgan fingerprint density at radius 1 is 1.35 bits per heavy atom. The molecule has 20 heavy (non-hydrogen) atoms. The van der Waals surface area contributed by atoms with Crippen molar-refractivity contribution in [1.82, 2.24) is 10.2 Å². The van der Waals surface area contributed by atoms with E-state index >= 15 is 0 Å². The number of carbonyl (C=O) groups is 1. The molecule has 0 bridgehead atoms. The maximum absolute atomic E-state index is 11.4. The van der Waals surface area contributed by atoms with Crippen LogP contribution in [0.3, 0.4) is 0 Å². The quantitative estimate of drug-likeness (QED) is 0.840. The number of fused-ring (bicyclic) bond motifs is 1. The first kappa shape index (κ1) is 12.7. The Labute approximate surface area is 117 Å². The summed E-state index contributed by atoms with van der Waals surface area (Å²) in [6, 6.07) is 7.77. The lowest BCUT2D eigenvalue weighted by Crippen LogP contribution is -2.07. The second kappa shape index (κ2) is 5.33. The van der Waals surface area contributed by atoms with E-state index in [1.54, 1.807) is 0 Å². The average Bonchev–Trinajstić information content (AvgIpc) is 2.91. The van der Waals surface area contributed by atoms with Crippen LogP contribution in [0.15, 0.2) is 36.9 Å². The third kappa shape index (κ3) is 2.37. The largest absolute Gasteiger partial charge is 0.323 e. The molecule has 0 radical (unpaired) electrons. The van der Waals surface area contributed by atoms with E-state index in [1.165, 1.54) is 30.2 Å². The number of amides is 1. The number of aryl methyl sites for hydroxylation is 1. The number of nitrogens with one attached hydrogen (secondary N) is 2. The van der Waals surface area contributed by atoms with Gasteiger partial charge in [-0.25, -0.2) is 0 Å². The number of rotatable bonds is 3. The molecular formula is C16H17N3O. The first-order valence-electron chi connectivity index (χ1n) is 6.88. The highest BCUT2D eigenvalue weighted by molar-refractivity contribution is 5.99. The molecular weight excluding hydrogens is 250 g/mol. The maximum atomic E-state index is 11.4. The van der Waals surface area contributed by atoms with Crippen molar-refractivity contribution in [3.05, 3.63) is 48.2 Å². The molecule has 0 saturated heterocycles. The topological polar surface area (TPSA) is 57.8 Å². The van der Waals surface area contributed by atoms with Gasteiger partial charge in [-0.05, 0) is 43.9 Å². The molecule has 1 aromatic carbocycles. The molecule has 1 heterocycles. The van der Waals surface area contributed by atoms with Gasteiger partial charge in [0.2, 0.25) is 5.91 Å². The molecule has 0 spiro atoms. The predicted octanol–water partition coefficient (Wildman–Crippen LogP) is 3.08. The average molecular weight is 267 g/mol. The van der Waals surface area contributed by atoms with Gasteiger partial charge in [-0.15, -0.1) is 0 Å². The second-order valence-corrected chi connectivity index (χ2v) is 5.01. The SMILES string of the molecule is C=CC(=O)Nc1cccc(-c2n[nH]c3c2CCCC3)c1. The van der Waals surface area contributed by atoms with Gasteiger partial charge in [-0.3, -0.25) is 9.89 Å². The van der Waals surface area contributed by atoms with Crippen LogP contribution in [-0.2, 0) is 17.6 Å². The molecule has 0 fully saturated rings. The summed E-state index contributed by atoms with van der Waals surface area (Å²) in [6.45, 7) is 3.46. The van der Waals surface area contributed by atoms with Crippen molar-refractivity contribution in [1.29, 1.82) is 0 Å². The van der Waals surface area contributed by atoms with Gasteiger partial charge in [-0.2, -0.15) is 5.10 Å². The van der Waals surface area contributed by atoms with E-state index in [1.807, 2.05) is 24.3 Å². The van der Waals surface area contributed by atoms with Gasteiger partial charge < -0.3 is 5.32 Å². The van der Waals surface area contributed by atoms with E-state index in [0.717, 1.165) is 29.8 Å². The third-order valence-electron chi connectivity index (χ3n) is 3.65. The van der Waals surface area contributed by atoms with Crippen LogP contribution in [0, 0.1) is 0 Å². The molecule has 2 aromatic rings. The van der Waals surface area contributed by atoms with E-state index in [0.29, 0.717) is 0 Å². The summed E-state index contributed by atoms with van der Waals surface area (Å²) in [6.07, 6.45) is 5.86. The highest BCUT2D eigenvalue weighted by Crippen LogP contribution is 2.30. The summed E-state index contributed by atoms with van der Waals surface area (Å²) in [5.41, 5.74) is 5.39. The third-order valence-corrected chi connectivity index (χ3v) is 3.65. The summed E-state index contributed by atoms with van der Waals surface area (Å²) < 4.78 is 0. The van der Waals surface area contributed by atoms with Crippen LogP contribution in [0.1, 0.15) is 24.1 Å². The van der Waals surface area contributed by atoms with Gasteiger partial charge in [-0.1, -0.05) is 18.7 Å². The monoisotopic (exact) mass is 267 g/mol. The van der Waals surface area contributed by atoms with Gasteiger partial charge in [0.25, 0.3) is 0 Å². The van der Waals surface area contributed by atoms with Crippen LogP contribution < -0.4 is 5.32 Å². The minimum absolute atomic E-state index is 0.203. The smallest absolute Gasteiger partial charge is 0.247 e. The van der Waals surface area contributed by atoms with Crippen molar-refractivity contribution < 1.29 is 4.79 Å². The predicted molar refractivity (Wildman–Crippen MR) is 79.5 cm³/mol. The fourth-order valence-electron chi connectivity index (χ4n) is 2.66. The van der Waals surface area contributed by atoms with E-state index in [-0.39, 0.29) is 5.91 Å². The second-order valence-electron chi connectivity index (χ2n) is 5.01. The Morgan fingerprint density at radius 3 is 3.05 bits per heavy atom. The molecule has 1 aliphatic carbocycles. The number of hydrogen-bond acceptors (Lipinski definition) is 2.